The first-order chi connectivity index (χ1) is 12.5. The Balaban J connectivity index is 2.18. The van der Waals surface area contributed by atoms with E-state index in [4.69, 9.17) is 15.6 Å². The smallest absolute Gasteiger partial charge is 0.267 e. The second-order valence-electron chi connectivity index (χ2n) is 5.98. The number of primary amides is 1. The minimum Gasteiger partial charge on any atom is -0.467 e. The van der Waals surface area contributed by atoms with Gasteiger partial charge in [0.2, 0.25) is 0 Å². The highest BCUT2D eigenvalue weighted by molar-refractivity contribution is 5.95. The molecule has 26 heavy (non-hydrogen) atoms. The minimum atomic E-state index is -0.779. The molecule has 0 fully saturated rings. The van der Waals surface area contributed by atoms with Gasteiger partial charge in [0, 0.05) is 6.20 Å². The van der Waals surface area contributed by atoms with Crippen LogP contribution >= 0.6 is 0 Å². The number of nitrogens with two attached hydrogens (primary N) is 1. The Labute approximate surface area is 146 Å². The maximum Gasteiger partial charge on any atom is 0.267 e. The molecule has 4 rings (SSSR count). The van der Waals surface area contributed by atoms with Crippen molar-refractivity contribution >= 4 is 22.6 Å². The third kappa shape index (κ3) is 2.31. The topological polar surface area (TPSA) is 119 Å². The number of furan rings is 1. The maximum absolute atomic E-state index is 13.0. The van der Waals surface area contributed by atoms with Crippen LogP contribution in [-0.2, 0) is 6.54 Å². The molecular weight excluding hydrogens is 334 g/mol. The predicted molar refractivity (Wildman–Crippen MR) is 93.9 cm³/mol. The summed E-state index contributed by atoms with van der Waals surface area (Å²) in [7, 11) is 0. The van der Waals surface area contributed by atoms with Crippen LogP contribution in [-0.4, -0.2) is 19.9 Å². The van der Waals surface area contributed by atoms with Gasteiger partial charge in [-0.15, -0.1) is 0 Å². The third-order valence-corrected chi connectivity index (χ3v) is 4.29. The Morgan fingerprint density at radius 2 is 2.12 bits per heavy atom. The molecule has 0 saturated heterocycles. The number of hydrogen-bond acceptors (Lipinski definition) is 5. The van der Waals surface area contributed by atoms with Crippen LogP contribution in [0, 0.1) is 12.3 Å². The van der Waals surface area contributed by atoms with E-state index in [-0.39, 0.29) is 28.5 Å². The monoisotopic (exact) mass is 349 g/mol. The van der Waals surface area contributed by atoms with Gasteiger partial charge in [0.05, 0.1) is 23.8 Å². The highest BCUT2D eigenvalue weighted by Gasteiger charge is 2.17. The number of aryl methyl sites for hydroxylation is 1. The highest BCUT2D eigenvalue weighted by Crippen LogP contribution is 2.14. The van der Waals surface area contributed by atoms with Crippen LogP contribution in [0.1, 0.15) is 21.7 Å². The average Bonchev–Trinajstić information content (AvgIpc) is 3.11. The molecule has 0 aliphatic carbocycles. The van der Waals surface area contributed by atoms with Crippen molar-refractivity contribution in [1.82, 2.24) is 14.0 Å². The summed E-state index contributed by atoms with van der Waals surface area (Å²) in [6.45, 7) is 2.00. The number of rotatable bonds is 3. The SMILES string of the molecule is Cc1cccn2c(=O)c3cc(C(N)=O)c(=N)n(Cc4ccco4)c3nc12. The molecule has 8 heteroatoms. The summed E-state index contributed by atoms with van der Waals surface area (Å²) in [6, 6.07) is 8.41. The van der Waals surface area contributed by atoms with Crippen LogP contribution < -0.4 is 16.8 Å². The zero-order valence-corrected chi connectivity index (χ0v) is 13.9. The van der Waals surface area contributed by atoms with E-state index in [9.17, 15) is 9.59 Å². The van der Waals surface area contributed by atoms with Crippen molar-refractivity contribution in [3.05, 3.63) is 75.5 Å². The number of carbonyl (C=O) groups is 1. The number of carbonyl (C=O) groups excluding carboxylic acids is 1. The summed E-state index contributed by atoms with van der Waals surface area (Å²) in [6.07, 6.45) is 3.13. The summed E-state index contributed by atoms with van der Waals surface area (Å²) in [5.74, 6) is -0.211. The van der Waals surface area contributed by atoms with Gasteiger partial charge in [-0.1, -0.05) is 6.07 Å². The molecule has 4 aromatic rings. The Bertz CT molecular complexity index is 1280. The lowest BCUT2D eigenvalue weighted by Gasteiger charge is -2.13. The molecule has 4 heterocycles. The molecule has 0 saturated carbocycles. The second-order valence-corrected chi connectivity index (χ2v) is 5.98. The number of aromatic nitrogens is 3. The first kappa shape index (κ1) is 15.8. The summed E-state index contributed by atoms with van der Waals surface area (Å²) in [5, 5.41) is 8.58. The van der Waals surface area contributed by atoms with E-state index in [1.807, 2.05) is 13.0 Å². The molecule has 1 amide bonds. The van der Waals surface area contributed by atoms with Gasteiger partial charge in [-0.3, -0.25) is 19.4 Å². The lowest BCUT2D eigenvalue weighted by molar-refractivity contribution is 0.0998. The molecule has 0 aromatic carbocycles. The number of fused-ring (bicyclic) bond motifs is 2. The number of amides is 1. The van der Waals surface area contributed by atoms with Crippen molar-refractivity contribution in [2.75, 3.05) is 0 Å². The van der Waals surface area contributed by atoms with E-state index in [1.54, 1.807) is 24.4 Å². The summed E-state index contributed by atoms with van der Waals surface area (Å²) >= 11 is 0. The van der Waals surface area contributed by atoms with Gasteiger partial charge in [0.15, 0.2) is 0 Å². The van der Waals surface area contributed by atoms with Crippen molar-refractivity contribution in [2.45, 2.75) is 13.5 Å². The normalized spacial score (nSPS) is 11.3. The lowest BCUT2D eigenvalue weighted by Crippen LogP contribution is -2.32. The molecule has 0 aliphatic heterocycles. The molecule has 0 unspecified atom stereocenters. The van der Waals surface area contributed by atoms with Crippen molar-refractivity contribution in [3.63, 3.8) is 0 Å². The van der Waals surface area contributed by atoms with Gasteiger partial charge < -0.3 is 14.7 Å². The number of pyridine rings is 2. The average molecular weight is 349 g/mol. The van der Waals surface area contributed by atoms with Crippen LogP contribution in [0.5, 0.6) is 0 Å². The molecule has 130 valence electrons. The second kappa shape index (κ2) is 5.69. The minimum absolute atomic E-state index is 0.0458. The fraction of sp³-hybridized carbons (Fsp3) is 0.111. The first-order valence-corrected chi connectivity index (χ1v) is 7.89. The fourth-order valence-electron chi connectivity index (χ4n) is 3.00. The molecule has 0 radical (unpaired) electrons. The van der Waals surface area contributed by atoms with E-state index < -0.39 is 5.91 Å². The summed E-state index contributed by atoms with van der Waals surface area (Å²) in [5.41, 5.74) is 6.53. The maximum atomic E-state index is 13.0. The summed E-state index contributed by atoms with van der Waals surface area (Å²) < 4.78 is 8.23. The van der Waals surface area contributed by atoms with E-state index in [2.05, 4.69) is 4.98 Å². The molecule has 0 spiro atoms. The number of nitrogens with zero attached hydrogens (tertiary/aromatic N) is 3. The molecule has 8 nitrogen and oxygen atoms in total. The van der Waals surface area contributed by atoms with Crippen LogP contribution in [0.3, 0.4) is 0 Å². The zero-order valence-electron chi connectivity index (χ0n) is 13.9. The Morgan fingerprint density at radius 3 is 2.81 bits per heavy atom. The van der Waals surface area contributed by atoms with E-state index in [0.717, 1.165) is 5.56 Å². The third-order valence-electron chi connectivity index (χ3n) is 4.29. The van der Waals surface area contributed by atoms with Crippen LogP contribution in [0.2, 0.25) is 0 Å². The van der Waals surface area contributed by atoms with Gasteiger partial charge >= 0.3 is 0 Å². The number of hydrogen-bond donors (Lipinski definition) is 2. The van der Waals surface area contributed by atoms with Crippen molar-refractivity contribution in [3.8, 4) is 0 Å². The highest BCUT2D eigenvalue weighted by atomic mass is 16.3. The Kier molecular flexibility index (Phi) is 3.47. The lowest BCUT2D eigenvalue weighted by atomic mass is 10.2. The van der Waals surface area contributed by atoms with Gasteiger partial charge in [-0.05, 0) is 36.8 Å². The van der Waals surface area contributed by atoms with Crippen LogP contribution in [0.15, 0.2) is 52.0 Å². The first-order valence-electron chi connectivity index (χ1n) is 7.89. The van der Waals surface area contributed by atoms with Crippen molar-refractivity contribution in [2.24, 2.45) is 5.73 Å². The molecule has 0 atom stereocenters. The predicted octanol–water partition coefficient (Wildman–Crippen LogP) is 1.18. The van der Waals surface area contributed by atoms with Crippen molar-refractivity contribution < 1.29 is 9.21 Å². The standard InChI is InChI=1S/C18H15N5O3/c1-10-4-2-6-22-16(10)21-17-13(18(22)25)8-12(15(20)24)14(19)23(17)9-11-5-3-7-26-11/h2-8,19H,9H2,1H3,(H2,20,24). The largest absolute Gasteiger partial charge is 0.467 e. The molecule has 4 aromatic heterocycles. The number of nitrogens with one attached hydrogen (secondary N) is 1. The quantitative estimate of drug-likeness (QED) is 0.540. The summed E-state index contributed by atoms with van der Waals surface area (Å²) in [4.78, 5) is 29.3. The van der Waals surface area contributed by atoms with E-state index in [1.165, 1.54) is 21.3 Å². The van der Waals surface area contributed by atoms with Gasteiger partial charge in [-0.2, -0.15) is 0 Å². The van der Waals surface area contributed by atoms with Crippen molar-refractivity contribution in [1.29, 1.82) is 5.41 Å². The van der Waals surface area contributed by atoms with E-state index >= 15 is 0 Å². The van der Waals surface area contributed by atoms with Gasteiger partial charge in [-0.25, -0.2) is 4.98 Å². The molecule has 0 bridgehead atoms. The van der Waals surface area contributed by atoms with Gasteiger partial charge in [0.1, 0.15) is 22.5 Å². The van der Waals surface area contributed by atoms with Crippen LogP contribution in [0.25, 0.3) is 16.7 Å². The van der Waals surface area contributed by atoms with Gasteiger partial charge in [0.25, 0.3) is 11.5 Å². The van der Waals surface area contributed by atoms with Crippen LogP contribution in [0.4, 0.5) is 0 Å². The zero-order chi connectivity index (χ0) is 18.4. The van der Waals surface area contributed by atoms with E-state index in [0.29, 0.717) is 17.1 Å². The molecular formula is C18H15N5O3. The fourth-order valence-corrected chi connectivity index (χ4v) is 3.00. The molecule has 3 N–H and O–H groups in total. The Morgan fingerprint density at radius 1 is 1.31 bits per heavy atom. The Hall–Kier alpha value is -3.68. The molecule has 0 aliphatic rings.